The highest BCUT2D eigenvalue weighted by Crippen LogP contribution is 2.43. The molecule has 1 aliphatic rings. The van der Waals surface area contributed by atoms with Gasteiger partial charge >= 0.3 is 0 Å². The molecule has 1 aliphatic heterocycles. The van der Waals surface area contributed by atoms with Crippen LogP contribution in [0.4, 0.5) is 0 Å². The van der Waals surface area contributed by atoms with Crippen LogP contribution in [0.1, 0.15) is 88.5 Å². The van der Waals surface area contributed by atoms with Crippen molar-refractivity contribution in [2.45, 2.75) is 66.2 Å². The van der Waals surface area contributed by atoms with Crippen LogP contribution in [0.3, 0.4) is 0 Å². The number of benzene rings is 2. The zero-order chi connectivity index (χ0) is 22.9. The lowest BCUT2D eigenvalue weighted by atomic mass is 9.94. The summed E-state index contributed by atoms with van der Waals surface area (Å²) in [6, 6.07) is 17.1. The quantitative estimate of drug-likeness (QED) is 0.339. The summed E-state index contributed by atoms with van der Waals surface area (Å²) in [5.41, 5.74) is 20.3. The largest absolute Gasteiger partial charge is 0.493 e. The molecule has 2 aromatic carbocycles. The van der Waals surface area contributed by atoms with Crippen LogP contribution in [0.25, 0.3) is 29.1 Å². The van der Waals surface area contributed by atoms with Gasteiger partial charge in [0, 0.05) is 22.3 Å². The van der Waals surface area contributed by atoms with E-state index in [0.29, 0.717) is 0 Å². The van der Waals surface area contributed by atoms with Crippen molar-refractivity contribution in [1.29, 1.82) is 0 Å². The van der Waals surface area contributed by atoms with Crippen molar-refractivity contribution in [3.05, 3.63) is 99.6 Å². The van der Waals surface area contributed by atoms with E-state index < -0.39 is 0 Å². The van der Waals surface area contributed by atoms with Gasteiger partial charge in [-0.15, -0.1) is 0 Å². The van der Waals surface area contributed by atoms with Crippen molar-refractivity contribution in [2.24, 2.45) is 0 Å². The highest BCUT2D eigenvalue weighted by molar-refractivity contribution is 5.82. The van der Waals surface area contributed by atoms with Gasteiger partial charge in [0.05, 0.1) is 0 Å². The topological polar surface area (TPSA) is 25.3 Å². The van der Waals surface area contributed by atoms with E-state index in [-0.39, 0.29) is 0 Å². The Kier molecular flexibility index (Phi) is 8.56. The fraction of sp³-hybridized carbons (Fsp3) is 0.333. The number of hydrogen-bond acceptors (Lipinski definition) is 0. The molecular weight excluding hydrogens is 388 g/mol. The van der Waals surface area contributed by atoms with E-state index in [4.69, 9.17) is 0 Å². The molecule has 0 radical (unpaired) electrons. The lowest BCUT2D eigenvalue weighted by molar-refractivity contribution is -0.345. The van der Waals surface area contributed by atoms with E-state index in [9.17, 15) is 5.53 Å². The average molecular weight is 425 g/mol. The fourth-order valence-corrected chi connectivity index (χ4v) is 4.26. The molecule has 1 heterocycles. The number of hydrogen-bond donors (Lipinski definition) is 0. The Morgan fingerprint density at radius 3 is 1.56 bits per heavy atom. The monoisotopic (exact) mass is 424 g/mol. The summed E-state index contributed by atoms with van der Waals surface area (Å²) in [7, 11) is 0. The van der Waals surface area contributed by atoms with Gasteiger partial charge in [0.25, 0.3) is 0 Å². The van der Waals surface area contributed by atoms with Crippen LogP contribution >= 0.6 is 0 Å². The Labute approximate surface area is 194 Å². The molecule has 0 aliphatic carbocycles. The molecule has 0 unspecified atom stereocenters. The molecule has 0 spiro atoms. The normalized spacial score (nSPS) is 14.6. The van der Waals surface area contributed by atoms with Gasteiger partial charge in [-0.2, -0.15) is 0 Å². The van der Waals surface area contributed by atoms with Crippen LogP contribution in [0, 0.1) is 0 Å². The van der Waals surface area contributed by atoms with E-state index in [1.807, 2.05) is 0 Å². The molecule has 0 aromatic heterocycles. The summed E-state index contributed by atoms with van der Waals surface area (Å²) in [5, 5.41) is 0. The summed E-state index contributed by atoms with van der Waals surface area (Å²) in [6.45, 7) is 8.70. The van der Waals surface area contributed by atoms with Crippen LogP contribution in [0.5, 0.6) is 0 Å². The third-order valence-corrected chi connectivity index (χ3v) is 5.95. The second-order valence-corrected chi connectivity index (χ2v) is 8.29. The van der Waals surface area contributed by atoms with Gasteiger partial charge in [0.2, 0.25) is 11.4 Å². The van der Waals surface area contributed by atoms with Crippen LogP contribution in [0.15, 0.2) is 71.8 Å². The second-order valence-electron chi connectivity index (χ2n) is 8.29. The van der Waals surface area contributed by atoms with Crippen molar-refractivity contribution in [2.75, 3.05) is 0 Å². The molecule has 2 nitrogen and oxygen atoms in total. The molecule has 0 saturated heterocycles. The molecular formula is C30H36N2. The Balaban J connectivity index is 2.03. The van der Waals surface area contributed by atoms with E-state index in [0.717, 1.165) is 61.0 Å². The molecule has 2 heteroatoms. The number of allylic oxidation sites excluding steroid dienone is 4. The summed E-state index contributed by atoms with van der Waals surface area (Å²) in [5.74, 6) is 0. The zero-order valence-electron chi connectivity index (χ0n) is 20.1. The first-order valence-corrected chi connectivity index (χ1v) is 12.1. The van der Waals surface area contributed by atoms with Crippen molar-refractivity contribution in [3.63, 3.8) is 0 Å². The maximum Gasteiger partial charge on any atom is 0.211 e. The highest BCUT2D eigenvalue weighted by atomic mass is 15.2. The lowest BCUT2D eigenvalue weighted by Crippen LogP contribution is -2.02. The van der Waals surface area contributed by atoms with Gasteiger partial charge in [-0.1, -0.05) is 82.7 Å². The van der Waals surface area contributed by atoms with Crippen LogP contribution in [0.2, 0.25) is 0 Å². The molecule has 166 valence electrons. The standard InChI is InChI=1S/C30H36N2/c1-5-9-12-23-15-19-25(20-16-23)29-27(8-4)28(14-11-7-3)30(32(29)31)26-21-17-24(18-22-26)13-10-6-2/h9-10,12-13,15-22H,5-8,11,14H2,1-4H3. The van der Waals surface area contributed by atoms with Gasteiger partial charge in [0.15, 0.2) is 0 Å². The first-order valence-electron chi connectivity index (χ1n) is 12.1. The minimum absolute atomic E-state index is 0.893. The maximum atomic E-state index is 11.4. The third-order valence-electron chi connectivity index (χ3n) is 5.95. The van der Waals surface area contributed by atoms with Crippen molar-refractivity contribution in [1.82, 2.24) is 0 Å². The van der Waals surface area contributed by atoms with Gasteiger partial charge in [-0.3, -0.25) is 0 Å². The van der Waals surface area contributed by atoms with Crippen LogP contribution < -0.4 is 0 Å². The molecule has 0 N–H and O–H groups in total. The van der Waals surface area contributed by atoms with Crippen molar-refractivity contribution in [3.8, 4) is 0 Å². The lowest BCUT2D eigenvalue weighted by Gasteiger charge is -2.10. The first kappa shape index (κ1) is 23.7. The van der Waals surface area contributed by atoms with E-state index in [1.54, 1.807) is 0 Å². The summed E-state index contributed by atoms with van der Waals surface area (Å²) < 4.78 is 1.44. The fourth-order valence-electron chi connectivity index (χ4n) is 4.26. The molecule has 0 saturated carbocycles. The maximum absolute atomic E-state index is 11.4. The highest BCUT2D eigenvalue weighted by Gasteiger charge is 2.34. The van der Waals surface area contributed by atoms with E-state index in [1.165, 1.54) is 27.0 Å². The molecule has 32 heavy (non-hydrogen) atoms. The Bertz CT molecular complexity index is 1050. The smallest absolute Gasteiger partial charge is 0.211 e. The Morgan fingerprint density at radius 1 is 0.688 bits per heavy atom. The van der Waals surface area contributed by atoms with E-state index in [2.05, 4.69) is 101 Å². The number of rotatable bonds is 10. The summed E-state index contributed by atoms with van der Waals surface area (Å²) in [4.78, 5) is 0. The average Bonchev–Trinajstić information content (AvgIpc) is 3.11. The van der Waals surface area contributed by atoms with Gasteiger partial charge in [-0.05, 0) is 67.5 Å². The van der Waals surface area contributed by atoms with Gasteiger partial charge in [-0.25, -0.2) is 4.70 Å². The zero-order valence-corrected chi connectivity index (χ0v) is 20.1. The SMILES string of the molecule is CCC=Cc1ccc(C2=C(CC)C(CCCC)=C(c3ccc(C=CCC)cc3)[N+]2=[N-])cc1. The second kappa shape index (κ2) is 11.6. The first-order chi connectivity index (χ1) is 15.6. The molecule has 0 atom stereocenters. The van der Waals surface area contributed by atoms with Gasteiger partial charge in [0.1, 0.15) is 0 Å². The minimum atomic E-state index is 0.893. The molecule has 0 fully saturated rings. The molecule has 0 amide bonds. The molecule has 3 rings (SSSR count). The van der Waals surface area contributed by atoms with Crippen molar-refractivity contribution < 1.29 is 4.70 Å². The minimum Gasteiger partial charge on any atom is -0.493 e. The predicted molar refractivity (Wildman–Crippen MR) is 139 cm³/mol. The third kappa shape index (κ3) is 5.24. The predicted octanol–water partition coefficient (Wildman–Crippen LogP) is 9.30. The van der Waals surface area contributed by atoms with Crippen LogP contribution in [-0.4, -0.2) is 4.70 Å². The summed E-state index contributed by atoms with van der Waals surface area (Å²) in [6.07, 6.45) is 14.8. The van der Waals surface area contributed by atoms with Crippen molar-refractivity contribution >= 4 is 23.5 Å². The molecule has 2 aromatic rings. The number of unbranched alkanes of at least 4 members (excludes halogenated alkanes) is 1. The van der Waals surface area contributed by atoms with Crippen LogP contribution in [-0.2, 0) is 0 Å². The number of nitrogens with zero attached hydrogens (tertiary/aromatic N) is 2. The molecule has 0 bridgehead atoms. The summed E-state index contributed by atoms with van der Waals surface area (Å²) >= 11 is 0. The Hall–Kier alpha value is -3.00. The van der Waals surface area contributed by atoms with Gasteiger partial charge < -0.3 is 5.53 Å². The Morgan fingerprint density at radius 2 is 1.16 bits per heavy atom. The van der Waals surface area contributed by atoms with E-state index >= 15 is 0 Å².